The fourth-order valence-corrected chi connectivity index (χ4v) is 6.27. The summed E-state index contributed by atoms with van der Waals surface area (Å²) in [5, 5.41) is 13.1. The number of aryl methyl sites for hydroxylation is 1. The van der Waals surface area contributed by atoms with E-state index >= 15 is 4.39 Å². The number of halogens is 1. The summed E-state index contributed by atoms with van der Waals surface area (Å²) in [6.07, 6.45) is 3.18. The fourth-order valence-electron chi connectivity index (χ4n) is 6.27. The Balaban J connectivity index is 1.42. The molecular weight excluding hydrogens is 645 g/mol. The van der Waals surface area contributed by atoms with E-state index in [0.717, 1.165) is 5.52 Å². The average molecular weight is 690 g/mol. The lowest BCUT2D eigenvalue weighted by Gasteiger charge is -2.31. The number of hydrogen-bond donors (Lipinski definition) is 1. The monoisotopic (exact) mass is 689 g/mol. The van der Waals surface area contributed by atoms with E-state index in [1.807, 2.05) is 12.1 Å². The summed E-state index contributed by atoms with van der Waals surface area (Å²) in [5.74, 6) is -2.11. The van der Waals surface area contributed by atoms with Crippen LogP contribution in [0.1, 0.15) is 65.0 Å². The van der Waals surface area contributed by atoms with E-state index in [1.54, 1.807) is 60.4 Å². The van der Waals surface area contributed by atoms with Gasteiger partial charge in [-0.3, -0.25) is 28.5 Å². The van der Waals surface area contributed by atoms with E-state index in [4.69, 9.17) is 9.84 Å². The SMILES string of the molecule is CC(=O)CCC(=O)N1CCC(c2nn(CC(=O)N(C)CC(=O)NCC(=O)OC(C)(C)C)c3cccc(-c4cc5c(cnn5C)cc4F)c23)CC1. The van der Waals surface area contributed by atoms with Crippen LogP contribution in [0.25, 0.3) is 32.9 Å². The molecule has 4 aromatic rings. The topological polar surface area (TPSA) is 149 Å². The lowest BCUT2D eigenvalue weighted by molar-refractivity contribution is -0.154. The Bertz CT molecular complexity index is 1950. The maximum atomic E-state index is 15.8. The molecule has 0 bridgehead atoms. The van der Waals surface area contributed by atoms with Crippen molar-refractivity contribution in [3.05, 3.63) is 48.0 Å². The molecule has 14 heteroatoms. The number of benzene rings is 2. The zero-order valence-electron chi connectivity index (χ0n) is 29.4. The highest BCUT2D eigenvalue weighted by molar-refractivity contribution is 6.00. The maximum absolute atomic E-state index is 15.8. The van der Waals surface area contributed by atoms with Crippen molar-refractivity contribution in [3.63, 3.8) is 0 Å². The predicted octanol–water partition coefficient (Wildman–Crippen LogP) is 3.72. The third-order valence-corrected chi connectivity index (χ3v) is 8.80. The number of esters is 1. The molecule has 0 spiro atoms. The van der Waals surface area contributed by atoms with Crippen LogP contribution < -0.4 is 5.32 Å². The molecule has 266 valence electrons. The molecule has 0 aliphatic carbocycles. The number of aromatic nitrogens is 4. The largest absolute Gasteiger partial charge is 0.459 e. The lowest BCUT2D eigenvalue weighted by atomic mass is 9.88. The number of nitrogens with zero attached hydrogens (tertiary/aromatic N) is 6. The number of nitrogens with one attached hydrogen (secondary N) is 1. The van der Waals surface area contributed by atoms with Crippen molar-refractivity contribution < 1.29 is 33.1 Å². The summed E-state index contributed by atoms with van der Waals surface area (Å²) < 4.78 is 24.2. The quantitative estimate of drug-likeness (QED) is 0.234. The summed E-state index contributed by atoms with van der Waals surface area (Å²) >= 11 is 0. The third kappa shape index (κ3) is 8.35. The van der Waals surface area contributed by atoms with Gasteiger partial charge in [0.25, 0.3) is 0 Å². The molecule has 50 heavy (non-hydrogen) atoms. The van der Waals surface area contributed by atoms with Crippen LogP contribution in [0.3, 0.4) is 0 Å². The Morgan fingerprint density at radius 3 is 2.44 bits per heavy atom. The van der Waals surface area contributed by atoms with Crippen LogP contribution in [0.2, 0.25) is 0 Å². The molecule has 1 aliphatic rings. The second kappa shape index (κ2) is 14.8. The molecule has 1 fully saturated rings. The van der Waals surface area contributed by atoms with Gasteiger partial charge < -0.3 is 24.6 Å². The van der Waals surface area contributed by atoms with Crippen molar-refractivity contribution in [3.8, 4) is 11.1 Å². The van der Waals surface area contributed by atoms with Gasteiger partial charge in [-0.2, -0.15) is 10.2 Å². The van der Waals surface area contributed by atoms with Crippen LogP contribution in [0, 0.1) is 5.82 Å². The minimum absolute atomic E-state index is 0.0315. The number of fused-ring (bicyclic) bond motifs is 2. The zero-order valence-corrected chi connectivity index (χ0v) is 29.4. The highest BCUT2D eigenvalue weighted by Crippen LogP contribution is 2.40. The highest BCUT2D eigenvalue weighted by Gasteiger charge is 2.30. The number of amides is 3. The molecule has 0 radical (unpaired) electrons. The van der Waals surface area contributed by atoms with Crippen LogP contribution in [-0.4, -0.2) is 97.7 Å². The molecule has 0 atom stereocenters. The highest BCUT2D eigenvalue weighted by atomic mass is 19.1. The first-order chi connectivity index (χ1) is 23.6. The van der Waals surface area contributed by atoms with Crippen molar-refractivity contribution in [1.82, 2.24) is 34.7 Å². The number of rotatable bonds is 11. The van der Waals surface area contributed by atoms with E-state index in [2.05, 4.69) is 10.4 Å². The molecule has 1 aliphatic heterocycles. The van der Waals surface area contributed by atoms with Gasteiger partial charge in [-0.15, -0.1) is 0 Å². The number of likely N-dealkylation sites (tertiary alicyclic amines) is 1. The van der Waals surface area contributed by atoms with E-state index in [0.29, 0.717) is 59.0 Å². The van der Waals surface area contributed by atoms with Gasteiger partial charge in [0.2, 0.25) is 17.7 Å². The summed E-state index contributed by atoms with van der Waals surface area (Å²) in [6.45, 7) is 6.81. The van der Waals surface area contributed by atoms with Crippen molar-refractivity contribution in [2.24, 2.45) is 7.05 Å². The predicted molar refractivity (Wildman–Crippen MR) is 184 cm³/mol. The number of likely N-dealkylation sites (N-methyl/N-ethyl adjacent to an activating group) is 1. The van der Waals surface area contributed by atoms with Gasteiger partial charge in [-0.25, -0.2) is 4.39 Å². The minimum atomic E-state index is -0.693. The normalized spacial score (nSPS) is 13.9. The summed E-state index contributed by atoms with van der Waals surface area (Å²) in [5.41, 5.74) is 2.37. The minimum Gasteiger partial charge on any atom is -0.459 e. The second-order valence-electron chi connectivity index (χ2n) is 13.9. The smallest absolute Gasteiger partial charge is 0.325 e. The van der Waals surface area contributed by atoms with Crippen LogP contribution >= 0.6 is 0 Å². The average Bonchev–Trinajstić information content (AvgIpc) is 3.60. The van der Waals surface area contributed by atoms with Crippen LogP contribution in [0.5, 0.6) is 0 Å². The van der Waals surface area contributed by atoms with Crippen molar-refractivity contribution in [1.29, 1.82) is 0 Å². The Labute approximate surface area is 289 Å². The number of carbonyl (C=O) groups is 5. The second-order valence-corrected chi connectivity index (χ2v) is 13.9. The van der Waals surface area contributed by atoms with E-state index in [9.17, 15) is 24.0 Å². The van der Waals surface area contributed by atoms with Gasteiger partial charge >= 0.3 is 5.97 Å². The molecule has 2 aromatic heterocycles. The molecule has 5 rings (SSSR count). The standard InChI is InChI=1S/C36H44FN7O6/c1-22(45)10-11-31(47)43-14-12-23(13-15-43)35-34-25(26-17-29-24(16-27(26)37)18-39-42(29)6)8-7-9-28(34)44(40-35)21-32(48)41(5)20-30(46)38-19-33(49)50-36(2,3)4/h7-9,16-18,23H,10-15,19-21H2,1-6H3,(H,38,46). The van der Waals surface area contributed by atoms with Gasteiger partial charge in [-0.05, 0) is 64.3 Å². The van der Waals surface area contributed by atoms with Crippen molar-refractivity contribution in [2.45, 2.75) is 71.4 Å². The Hall–Kier alpha value is -5.14. The van der Waals surface area contributed by atoms with E-state index < -0.39 is 29.2 Å². The first-order valence-electron chi connectivity index (χ1n) is 16.7. The van der Waals surface area contributed by atoms with E-state index in [-0.39, 0.29) is 50.1 Å². The van der Waals surface area contributed by atoms with Crippen molar-refractivity contribution >= 4 is 51.3 Å². The zero-order chi connectivity index (χ0) is 36.3. The maximum Gasteiger partial charge on any atom is 0.325 e. The Morgan fingerprint density at radius 1 is 1.04 bits per heavy atom. The number of piperidine rings is 1. The summed E-state index contributed by atoms with van der Waals surface area (Å²) in [6, 6.07) is 8.68. The number of ether oxygens (including phenoxy) is 1. The van der Waals surface area contributed by atoms with Gasteiger partial charge in [0, 0.05) is 62.3 Å². The molecule has 0 saturated carbocycles. The molecule has 2 aromatic carbocycles. The van der Waals surface area contributed by atoms with Crippen LogP contribution in [0.4, 0.5) is 4.39 Å². The van der Waals surface area contributed by atoms with Crippen molar-refractivity contribution in [2.75, 3.05) is 33.2 Å². The molecule has 3 amide bonds. The first-order valence-corrected chi connectivity index (χ1v) is 16.7. The van der Waals surface area contributed by atoms with Crippen LogP contribution in [0.15, 0.2) is 36.5 Å². The molecule has 1 N–H and O–H groups in total. The first kappa shape index (κ1) is 36.1. The number of Topliss-reactive ketones (excluding diaryl/α,β-unsaturated/α-hetero) is 1. The molecule has 0 unspecified atom stereocenters. The number of carbonyl (C=O) groups excluding carboxylic acids is 5. The molecule has 1 saturated heterocycles. The molecule has 3 heterocycles. The van der Waals surface area contributed by atoms with Gasteiger partial charge in [0.15, 0.2) is 0 Å². The van der Waals surface area contributed by atoms with E-state index in [1.165, 1.54) is 24.9 Å². The lowest BCUT2D eigenvalue weighted by Crippen LogP contribution is -2.42. The molecule has 13 nitrogen and oxygen atoms in total. The number of ketones is 1. The van der Waals surface area contributed by atoms with Gasteiger partial charge in [0.1, 0.15) is 30.3 Å². The summed E-state index contributed by atoms with van der Waals surface area (Å²) in [4.78, 5) is 65.2. The Morgan fingerprint density at radius 2 is 1.76 bits per heavy atom. The van der Waals surface area contributed by atoms with Crippen LogP contribution in [-0.2, 0) is 42.3 Å². The third-order valence-electron chi connectivity index (χ3n) is 8.80. The fraction of sp³-hybridized carbons (Fsp3) is 0.472. The Kier molecular flexibility index (Phi) is 10.7. The van der Waals surface area contributed by atoms with Gasteiger partial charge in [-0.1, -0.05) is 12.1 Å². The number of hydrogen-bond acceptors (Lipinski definition) is 8. The molecular formula is C36H44FN7O6. The summed E-state index contributed by atoms with van der Waals surface area (Å²) in [7, 11) is 3.28. The van der Waals surface area contributed by atoms with Gasteiger partial charge in [0.05, 0.1) is 29.5 Å².